The average molecular weight is 389 g/mol. The third-order valence-corrected chi connectivity index (χ3v) is 5.79. The van der Waals surface area contributed by atoms with Crippen molar-refractivity contribution in [2.45, 2.75) is 42.9 Å². The zero-order chi connectivity index (χ0) is 20.1. The smallest absolute Gasteiger partial charge is 0.303 e. The largest absolute Gasteiger partial charge is 0.481 e. The van der Waals surface area contributed by atoms with Gasteiger partial charge in [-0.2, -0.15) is 0 Å². The van der Waals surface area contributed by atoms with Gasteiger partial charge in [-0.25, -0.2) is 8.42 Å². The highest BCUT2D eigenvalue weighted by atomic mass is 32.2. The van der Waals surface area contributed by atoms with Crippen LogP contribution in [-0.2, 0) is 20.4 Å². The highest BCUT2D eigenvalue weighted by Crippen LogP contribution is 2.18. The molecule has 0 aliphatic rings. The number of benzene rings is 2. The number of rotatable bonds is 8. The van der Waals surface area contributed by atoms with Crippen molar-refractivity contribution < 1.29 is 23.1 Å². The van der Waals surface area contributed by atoms with Crippen LogP contribution in [0, 0.1) is 0 Å². The van der Waals surface area contributed by atoms with Crippen LogP contribution in [0.4, 0.5) is 0 Å². The number of carboxylic acid groups (broad SMARTS) is 1. The van der Waals surface area contributed by atoms with Gasteiger partial charge in [-0.15, -0.1) is 0 Å². The second kappa shape index (κ2) is 8.35. The van der Waals surface area contributed by atoms with Crippen molar-refractivity contribution in [2.24, 2.45) is 0 Å². The van der Waals surface area contributed by atoms with Crippen LogP contribution < -0.4 is 5.32 Å². The predicted molar refractivity (Wildman–Crippen MR) is 102 cm³/mol. The molecule has 2 aromatic carbocycles. The second-order valence-electron chi connectivity index (χ2n) is 7.00. The maximum atomic E-state index is 12.5. The number of carboxylic acids is 1. The zero-order valence-corrected chi connectivity index (χ0v) is 16.1. The van der Waals surface area contributed by atoms with Gasteiger partial charge >= 0.3 is 5.97 Å². The molecule has 0 aliphatic carbocycles. The fraction of sp³-hybridized carbons (Fsp3) is 0.300. The molecule has 6 nitrogen and oxygen atoms in total. The first-order valence-electron chi connectivity index (χ1n) is 8.50. The van der Waals surface area contributed by atoms with E-state index in [0.717, 1.165) is 0 Å². The molecule has 0 saturated heterocycles. The van der Waals surface area contributed by atoms with Crippen LogP contribution in [0.3, 0.4) is 0 Å². The second-order valence-corrected chi connectivity index (χ2v) is 8.99. The monoisotopic (exact) mass is 389 g/mol. The van der Waals surface area contributed by atoms with Gasteiger partial charge in [-0.3, -0.25) is 9.59 Å². The maximum absolute atomic E-state index is 12.5. The van der Waals surface area contributed by atoms with Gasteiger partial charge in [0.2, 0.25) is 0 Å². The average Bonchev–Trinajstić information content (AvgIpc) is 2.60. The number of sulfone groups is 1. The topological polar surface area (TPSA) is 101 Å². The summed E-state index contributed by atoms with van der Waals surface area (Å²) in [6.45, 7) is 3.49. The molecule has 2 N–H and O–H groups in total. The zero-order valence-electron chi connectivity index (χ0n) is 15.3. The van der Waals surface area contributed by atoms with E-state index in [0.29, 0.717) is 11.1 Å². The molecule has 0 unspecified atom stereocenters. The molecule has 2 aromatic rings. The van der Waals surface area contributed by atoms with Crippen LogP contribution in [0.2, 0.25) is 0 Å². The molecule has 0 heterocycles. The van der Waals surface area contributed by atoms with Gasteiger partial charge in [-0.05, 0) is 50.1 Å². The van der Waals surface area contributed by atoms with Crippen molar-refractivity contribution in [2.75, 3.05) is 0 Å². The molecule has 27 heavy (non-hydrogen) atoms. The van der Waals surface area contributed by atoms with Gasteiger partial charge in [0.15, 0.2) is 9.84 Å². The van der Waals surface area contributed by atoms with Gasteiger partial charge in [-0.1, -0.05) is 30.3 Å². The lowest BCUT2D eigenvalue weighted by molar-refractivity contribution is -0.137. The molecule has 0 saturated carbocycles. The van der Waals surface area contributed by atoms with Crippen molar-refractivity contribution in [1.82, 2.24) is 5.32 Å². The van der Waals surface area contributed by atoms with Crippen molar-refractivity contribution in [3.63, 3.8) is 0 Å². The van der Waals surface area contributed by atoms with Crippen LogP contribution in [0.25, 0.3) is 0 Å². The van der Waals surface area contributed by atoms with Crippen molar-refractivity contribution in [1.29, 1.82) is 0 Å². The number of carbonyl (C=O) groups excluding carboxylic acids is 1. The molecule has 0 atom stereocenters. The number of amides is 1. The van der Waals surface area contributed by atoms with E-state index in [1.807, 2.05) is 6.07 Å². The number of nitrogens with one attached hydrogen (secondary N) is 1. The van der Waals surface area contributed by atoms with Crippen molar-refractivity contribution in [3.8, 4) is 0 Å². The first kappa shape index (κ1) is 20.6. The minimum Gasteiger partial charge on any atom is -0.481 e. The van der Waals surface area contributed by atoms with Crippen LogP contribution in [0.5, 0.6) is 0 Å². The maximum Gasteiger partial charge on any atom is 0.303 e. The number of carbonyl (C=O) groups is 2. The molecule has 0 aromatic heterocycles. The van der Waals surface area contributed by atoms with E-state index in [-0.39, 0.29) is 29.4 Å². The SMILES string of the molecule is CC(C)(CCC(=O)O)NC(=O)c1ccc(S(=O)(=O)Cc2ccccc2)cc1. The van der Waals surface area contributed by atoms with E-state index >= 15 is 0 Å². The molecule has 2 rings (SSSR count). The first-order chi connectivity index (χ1) is 12.6. The van der Waals surface area contributed by atoms with Crippen LogP contribution in [0.15, 0.2) is 59.5 Å². The van der Waals surface area contributed by atoms with E-state index in [9.17, 15) is 18.0 Å². The number of aliphatic carboxylic acids is 1. The summed E-state index contributed by atoms with van der Waals surface area (Å²) < 4.78 is 25.0. The molecule has 1 amide bonds. The quantitative estimate of drug-likeness (QED) is 0.723. The minimum absolute atomic E-state index is 0.0516. The summed E-state index contributed by atoms with van der Waals surface area (Å²) in [5.41, 5.74) is 0.324. The third kappa shape index (κ3) is 6.21. The van der Waals surface area contributed by atoms with Crippen molar-refractivity contribution in [3.05, 3.63) is 65.7 Å². The highest BCUT2D eigenvalue weighted by molar-refractivity contribution is 7.90. The van der Waals surface area contributed by atoms with Gasteiger partial charge in [0.05, 0.1) is 10.6 Å². The van der Waals surface area contributed by atoms with Crippen LogP contribution in [0.1, 0.15) is 42.6 Å². The lowest BCUT2D eigenvalue weighted by Gasteiger charge is -2.25. The third-order valence-electron chi connectivity index (χ3n) is 4.09. The molecular formula is C20H23NO5S. The summed E-state index contributed by atoms with van der Waals surface area (Å²) >= 11 is 0. The summed E-state index contributed by atoms with van der Waals surface area (Å²) in [6, 6.07) is 14.6. The molecule has 0 radical (unpaired) electrons. The number of hydrogen-bond acceptors (Lipinski definition) is 4. The van der Waals surface area contributed by atoms with Crippen molar-refractivity contribution >= 4 is 21.7 Å². The summed E-state index contributed by atoms with van der Waals surface area (Å²) in [7, 11) is -3.51. The fourth-order valence-electron chi connectivity index (χ4n) is 2.55. The van der Waals surface area contributed by atoms with Gasteiger partial charge in [0, 0.05) is 17.5 Å². The highest BCUT2D eigenvalue weighted by Gasteiger charge is 2.23. The van der Waals surface area contributed by atoms with E-state index in [1.165, 1.54) is 24.3 Å². The first-order valence-corrected chi connectivity index (χ1v) is 10.2. The predicted octanol–water partition coefficient (Wildman–Crippen LogP) is 3.03. The molecule has 0 bridgehead atoms. The molecule has 0 aliphatic heterocycles. The fourth-order valence-corrected chi connectivity index (χ4v) is 3.90. The Bertz CT molecular complexity index is 903. The van der Waals surface area contributed by atoms with E-state index in [1.54, 1.807) is 38.1 Å². The summed E-state index contributed by atoms with van der Waals surface area (Å²) in [5, 5.41) is 11.5. The molecule has 7 heteroatoms. The molecular weight excluding hydrogens is 366 g/mol. The summed E-state index contributed by atoms with van der Waals surface area (Å²) in [4.78, 5) is 23.2. The lowest BCUT2D eigenvalue weighted by atomic mass is 9.98. The Morgan fingerprint density at radius 1 is 1.00 bits per heavy atom. The molecule has 0 fully saturated rings. The van der Waals surface area contributed by atoms with Gasteiger partial charge < -0.3 is 10.4 Å². The van der Waals surface area contributed by atoms with Gasteiger partial charge in [0.1, 0.15) is 0 Å². The van der Waals surface area contributed by atoms with E-state index < -0.39 is 21.3 Å². The molecule has 0 spiro atoms. The van der Waals surface area contributed by atoms with Gasteiger partial charge in [0.25, 0.3) is 5.91 Å². The van der Waals surface area contributed by atoms with Crippen LogP contribution >= 0.6 is 0 Å². The molecule has 144 valence electrons. The lowest BCUT2D eigenvalue weighted by Crippen LogP contribution is -2.43. The Labute approximate surface area is 159 Å². The van der Waals surface area contributed by atoms with E-state index in [2.05, 4.69) is 5.32 Å². The Morgan fingerprint density at radius 2 is 1.59 bits per heavy atom. The van der Waals surface area contributed by atoms with Crippen LogP contribution in [-0.4, -0.2) is 30.9 Å². The van der Waals surface area contributed by atoms with E-state index in [4.69, 9.17) is 5.11 Å². The Hall–Kier alpha value is -2.67. The summed E-state index contributed by atoms with van der Waals surface area (Å²) in [5.74, 6) is -1.41. The summed E-state index contributed by atoms with van der Waals surface area (Å²) in [6.07, 6.45) is 0.238. The Morgan fingerprint density at radius 3 is 2.15 bits per heavy atom. The standard InChI is InChI=1S/C20H23NO5S/c1-20(2,13-12-18(22)23)21-19(24)16-8-10-17(11-9-16)27(25,26)14-15-6-4-3-5-7-15/h3-11H,12-14H2,1-2H3,(H,21,24)(H,22,23). The Kier molecular flexibility index (Phi) is 6.38. The number of hydrogen-bond donors (Lipinski definition) is 2. The minimum atomic E-state index is -3.51. The Balaban J connectivity index is 2.07. The normalized spacial score (nSPS) is 11.8.